The van der Waals surface area contributed by atoms with Crippen LogP contribution in [0.3, 0.4) is 0 Å². The fourth-order valence-corrected chi connectivity index (χ4v) is 5.98. The Labute approximate surface area is 151 Å². The van der Waals surface area contributed by atoms with E-state index in [9.17, 15) is 24.6 Å². The molecule has 7 nitrogen and oxygen atoms in total. The highest BCUT2D eigenvalue weighted by molar-refractivity contribution is 8.03. The maximum absolute atomic E-state index is 12.3. The molecule has 3 heterocycles. The number of aliphatic hydroxyl groups is 1. The van der Waals surface area contributed by atoms with Crippen molar-refractivity contribution in [3.63, 3.8) is 0 Å². The van der Waals surface area contributed by atoms with Gasteiger partial charge in [0, 0.05) is 35.6 Å². The Bertz CT molecular complexity index is 661. The van der Waals surface area contributed by atoms with Crippen molar-refractivity contribution in [1.29, 1.82) is 0 Å². The number of hydrogen-bond acceptors (Lipinski definition) is 5. The topological polar surface area (TPSA) is 98.2 Å². The Morgan fingerprint density at radius 1 is 1.32 bits per heavy atom. The van der Waals surface area contributed by atoms with Crippen LogP contribution in [0.2, 0.25) is 0 Å². The summed E-state index contributed by atoms with van der Waals surface area (Å²) in [4.78, 5) is 39.6. The average Bonchev–Trinajstić information content (AvgIpc) is 2.97. The largest absolute Gasteiger partial charge is 0.477 e. The molecule has 0 spiro atoms. The Morgan fingerprint density at radius 3 is 2.44 bits per heavy atom. The molecule has 0 aliphatic carbocycles. The number of carbonyl (C=O) groups excluding carboxylic acids is 2. The third-order valence-electron chi connectivity index (χ3n) is 5.55. The minimum absolute atomic E-state index is 0.0238. The first-order valence-corrected chi connectivity index (χ1v) is 9.45. The number of fused-ring (bicyclic) bond motifs is 1. The highest BCUT2D eigenvalue weighted by atomic mass is 32.2. The number of amides is 2. The third kappa shape index (κ3) is 2.75. The fraction of sp³-hybridized carbons (Fsp3) is 0.706. The molecule has 3 rings (SSSR count). The lowest BCUT2D eigenvalue weighted by molar-refractivity contribution is -0.163. The molecule has 0 radical (unpaired) electrons. The van der Waals surface area contributed by atoms with Gasteiger partial charge in [-0.15, -0.1) is 11.8 Å². The summed E-state index contributed by atoms with van der Waals surface area (Å²) in [5, 5.41) is 19.6. The van der Waals surface area contributed by atoms with E-state index in [2.05, 4.69) is 0 Å². The van der Waals surface area contributed by atoms with Crippen LogP contribution in [0.1, 0.15) is 34.1 Å². The van der Waals surface area contributed by atoms with Crippen LogP contribution >= 0.6 is 11.8 Å². The predicted octanol–water partition coefficient (Wildman–Crippen LogP) is 0.883. The number of carboxylic acids is 1. The van der Waals surface area contributed by atoms with E-state index in [-0.39, 0.29) is 40.8 Å². The molecule has 5 unspecified atom stereocenters. The molecule has 0 saturated carbocycles. The number of carboxylic acid groups (broad SMARTS) is 1. The van der Waals surface area contributed by atoms with Crippen LogP contribution < -0.4 is 0 Å². The Hall–Kier alpha value is -1.54. The molecule has 0 bridgehead atoms. The van der Waals surface area contributed by atoms with Gasteiger partial charge in [-0.3, -0.25) is 9.59 Å². The highest BCUT2D eigenvalue weighted by Crippen LogP contribution is 2.52. The number of thioether (sulfide) groups is 1. The lowest BCUT2D eigenvalue weighted by Crippen LogP contribution is -2.63. The first kappa shape index (κ1) is 18.3. The van der Waals surface area contributed by atoms with Crippen molar-refractivity contribution >= 4 is 29.5 Å². The normalized spacial score (nSPS) is 35.7. The van der Waals surface area contributed by atoms with Gasteiger partial charge in [0.05, 0.1) is 18.1 Å². The van der Waals surface area contributed by atoms with Gasteiger partial charge in [0.15, 0.2) is 0 Å². The fourth-order valence-electron chi connectivity index (χ4n) is 4.36. The van der Waals surface area contributed by atoms with Gasteiger partial charge >= 0.3 is 5.97 Å². The van der Waals surface area contributed by atoms with Crippen molar-refractivity contribution in [3.8, 4) is 0 Å². The molecule has 2 N–H and O–H groups in total. The second kappa shape index (κ2) is 6.32. The summed E-state index contributed by atoms with van der Waals surface area (Å²) in [7, 11) is 0. The van der Waals surface area contributed by atoms with Gasteiger partial charge in [0.2, 0.25) is 11.8 Å². The number of carbonyl (C=O) groups is 3. The molecule has 3 aliphatic rings. The molecule has 2 fully saturated rings. The maximum atomic E-state index is 12.3. The van der Waals surface area contributed by atoms with E-state index in [0.717, 1.165) is 6.42 Å². The summed E-state index contributed by atoms with van der Waals surface area (Å²) >= 11 is 1.48. The Morgan fingerprint density at radius 2 is 1.96 bits per heavy atom. The van der Waals surface area contributed by atoms with Gasteiger partial charge in [-0.1, -0.05) is 6.92 Å². The molecule has 2 amide bonds. The van der Waals surface area contributed by atoms with Crippen molar-refractivity contribution in [3.05, 3.63) is 10.6 Å². The van der Waals surface area contributed by atoms with Crippen LogP contribution in [-0.4, -0.2) is 67.8 Å². The van der Waals surface area contributed by atoms with Crippen molar-refractivity contribution in [2.75, 3.05) is 6.54 Å². The molecule has 0 aromatic heterocycles. The number of aliphatic carboxylic acids is 1. The Kier molecular flexibility index (Phi) is 4.61. The molecule has 6 atom stereocenters. The quantitative estimate of drug-likeness (QED) is 0.715. The first-order valence-electron chi connectivity index (χ1n) is 8.57. The minimum Gasteiger partial charge on any atom is -0.477 e. The van der Waals surface area contributed by atoms with E-state index in [1.165, 1.54) is 16.7 Å². The van der Waals surface area contributed by atoms with E-state index in [1.54, 1.807) is 18.7 Å². The zero-order valence-corrected chi connectivity index (χ0v) is 15.6. The number of nitrogens with zero attached hydrogens (tertiary/aromatic N) is 2. The molecule has 2 saturated heterocycles. The van der Waals surface area contributed by atoms with Crippen LogP contribution in [0.5, 0.6) is 0 Å². The van der Waals surface area contributed by atoms with E-state index in [1.807, 2.05) is 13.8 Å². The molecule has 0 aromatic rings. The number of likely N-dealkylation sites (tertiary alicyclic amines) is 1. The van der Waals surface area contributed by atoms with Gasteiger partial charge in [-0.05, 0) is 20.3 Å². The van der Waals surface area contributed by atoms with Crippen molar-refractivity contribution in [2.45, 2.75) is 57.6 Å². The summed E-state index contributed by atoms with van der Waals surface area (Å²) in [6.07, 6.45) is 0.00141. The average molecular weight is 368 g/mol. The monoisotopic (exact) mass is 368 g/mol. The highest BCUT2D eigenvalue weighted by Gasteiger charge is 2.60. The van der Waals surface area contributed by atoms with Gasteiger partial charge in [-0.25, -0.2) is 4.79 Å². The summed E-state index contributed by atoms with van der Waals surface area (Å²) < 4.78 is 0. The van der Waals surface area contributed by atoms with Crippen LogP contribution in [0.15, 0.2) is 10.6 Å². The van der Waals surface area contributed by atoms with Gasteiger partial charge in [0.1, 0.15) is 5.70 Å². The number of rotatable bonds is 4. The summed E-state index contributed by atoms with van der Waals surface area (Å²) in [5.74, 6) is -2.07. The van der Waals surface area contributed by atoms with Crippen molar-refractivity contribution < 1.29 is 24.6 Å². The molecule has 138 valence electrons. The van der Waals surface area contributed by atoms with Crippen molar-refractivity contribution in [1.82, 2.24) is 9.80 Å². The summed E-state index contributed by atoms with van der Waals surface area (Å²) in [6.45, 7) is 7.61. The van der Waals surface area contributed by atoms with Crippen LogP contribution in [0.25, 0.3) is 0 Å². The first-order chi connectivity index (χ1) is 11.6. The molecular weight excluding hydrogens is 344 g/mol. The van der Waals surface area contributed by atoms with Crippen LogP contribution in [0.4, 0.5) is 0 Å². The molecule has 8 heteroatoms. The standard InChI is InChI=1S/C17H24N2O5S/c1-7-5-11(6-18(7)10(4)21)25-15-8(2)13-12(9(3)20)16(22)19(13)14(15)17(23)24/h7-9,11-13,20H,5-6H2,1-4H3,(H,23,24)/t7?,8?,9?,11?,12?,13-/m1/s1. The SMILES string of the molecule is CC(=O)N1CC(SC2=C(C(=O)O)N3C(=O)C(C(C)O)[C@H]3C2C)CC1C. The lowest BCUT2D eigenvalue weighted by atomic mass is 9.79. The zero-order chi connectivity index (χ0) is 18.6. The summed E-state index contributed by atoms with van der Waals surface area (Å²) in [6, 6.07) is -0.159. The third-order valence-corrected chi connectivity index (χ3v) is 7.04. The van der Waals surface area contributed by atoms with Crippen LogP contribution in [-0.2, 0) is 14.4 Å². The van der Waals surface area contributed by atoms with Gasteiger partial charge in [-0.2, -0.15) is 0 Å². The van der Waals surface area contributed by atoms with Crippen molar-refractivity contribution in [2.24, 2.45) is 11.8 Å². The molecule has 3 aliphatic heterocycles. The van der Waals surface area contributed by atoms with Gasteiger partial charge < -0.3 is 20.0 Å². The molecular formula is C17H24N2O5S. The Balaban J connectivity index is 1.84. The maximum Gasteiger partial charge on any atom is 0.353 e. The minimum atomic E-state index is -1.11. The van der Waals surface area contributed by atoms with Crippen LogP contribution in [0, 0.1) is 11.8 Å². The zero-order valence-electron chi connectivity index (χ0n) is 14.8. The number of aliphatic hydroxyl groups excluding tert-OH is 1. The number of β-lactam (4-membered cyclic amide) rings is 1. The molecule has 25 heavy (non-hydrogen) atoms. The van der Waals surface area contributed by atoms with E-state index in [0.29, 0.717) is 11.4 Å². The molecule has 0 aromatic carbocycles. The van der Waals surface area contributed by atoms with E-state index >= 15 is 0 Å². The summed E-state index contributed by atoms with van der Waals surface area (Å²) in [5.41, 5.74) is 0.0540. The second-order valence-electron chi connectivity index (χ2n) is 7.27. The smallest absolute Gasteiger partial charge is 0.353 e. The predicted molar refractivity (Wildman–Crippen MR) is 92.5 cm³/mol. The second-order valence-corrected chi connectivity index (χ2v) is 8.61. The number of hydrogen-bond donors (Lipinski definition) is 2. The van der Waals surface area contributed by atoms with E-state index in [4.69, 9.17) is 0 Å². The van der Waals surface area contributed by atoms with E-state index < -0.39 is 18.0 Å². The lowest BCUT2D eigenvalue weighted by Gasteiger charge is -2.46. The van der Waals surface area contributed by atoms with Gasteiger partial charge in [0.25, 0.3) is 0 Å².